The van der Waals surface area contributed by atoms with Crippen LogP contribution >= 0.6 is 11.3 Å². The summed E-state index contributed by atoms with van der Waals surface area (Å²) in [4.78, 5) is 15.5. The summed E-state index contributed by atoms with van der Waals surface area (Å²) >= 11 is 1.79. The lowest BCUT2D eigenvalue weighted by atomic mass is 9.98. The highest BCUT2D eigenvalue weighted by Gasteiger charge is 2.21. The number of furan rings is 1. The predicted molar refractivity (Wildman–Crippen MR) is 200 cm³/mol. The molecule has 0 aliphatic heterocycles. The number of hydrogen-bond donors (Lipinski definition) is 0. The molecule has 3 heterocycles. The van der Waals surface area contributed by atoms with Gasteiger partial charge in [0, 0.05) is 53.2 Å². The van der Waals surface area contributed by atoms with Gasteiger partial charge < -0.3 is 4.42 Å². The number of fused-ring (bicyclic) bond motifs is 7. The summed E-state index contributed by atoms with van der Waals surface area (Å²) in [7, 11) is 0. The van der Waals surface area contributed by atoms with E-state index in [1.54, 1.807) is 11.3 Å². The maximum atomic E-state index is 6.67. The van der Waals surface area contributed by atoms with E-state index in [1.807, 2.05) is 12.1 Å². The molecule has 0 amide bonds. The number of thiophene rings is 1. The van der Waals surface area contributed by atoms with Crippen LogP contribution in [0.25, 0.3) is 92.4 Å². The summed E-state index contributed by atoms with van der Waals surface area (Å²) < 4.78 is 9.11. The molecular formula is C43H27N3OS. The molecule has 3 aromatic heterocycles. The molecule has 0 unspecified atom stereocenters. The van der Waals surface area contributed by atoms with E-state index in [9.17, 15) is 0 Å². The molecule has 6 aromatic carbocycles. The van der Waals surface area contributed by atoms with Crippen molar-refractivity contribution in [3.8, 4) is 33.9 Å². The summed E-state index contributed by atoms with van der Waals surface area (Å²) in [5, 5.41) is 6.94. The molecule has 4 nitrogen and oxygen atoms in total. The van der Waals surface area contributed by atoms with Crippen LogP contribution in [-0.2, 0) is 0 Å². The number of para-hydroxylation sites is 1. The predicted octanol–water partition coefficient (Wildman–Crippen LogP) is 12.0. The number of aromatic nitrogens is 3. The molecule has 10 rings (SSSR count). The second-order valence-electron chi connectivity index (χ2n) is 12.3. The highest BCUT2D eigenvalue weighted by atomic mass is 32.1. The number of allylic oxidation sites excluding steroid dienone is 4. The lowest BCUT2D eigenvalue weighted by Gasteiger charge is -2.11. The van der Waals surface area contributed by atoms with E-state index in [0.29, 0.717) is 17.5 Å². The highest BCUT2D eigenvalue weighted by molar-refractivity contribution is 7.26. The van der Waals surface area contributed by atoms with Crippen molar-refractivity contribution in [3.63, 3.8) is 0 Å². The minimum Gasteiger partial charge on any atom is -0.455 e. The SMILES string of the molecule is C1=CC(c2nc(-c3cccc4c3sc3ccccc34)nc(-c3cccc4oc5c(-c6ccc7ccccc7c6)cccc5c34)n2)=CCC1. The number of rotatable bonds is 4. The van der Waals surface area contributed by atoms with Crippen molar-refractivity contribution in [3.05, 3.63) is 145 Å². The smallest absolute Gasteiger partial charge is 0.165 e. The van der Waals surface area contributed by atoms with Crippen molar-refractivity contribution in [1.29, 1.82) is 0 Å². The molecule has 226 valence electrons. The van der Waals surface area contributed by atoms with Crippen molar-refractivity contribution in [1.82, 2.24) is 15.0 Å². The van der Waals surface area contributed by atoms with Gasteiger partial charge >= 0.3 is 0 Å². The normalized spacial score (nSPS) is 13.3. The summed E-state index contributed by atoms with van der Waals surface area (Å²) in [6.07, 6.45) is 8.55. The van der Waals surface area contributed by atoms with Gasteiger partial charge in [0.15, 0.2) is 17.5 Å². The summed E-state index contributed by atoms with van der Waals surface area (Å²) in [5.41, 5.74) is 6.82. The van der Waals surface area contributed by atoms with Crippen molar-refractivity contribution in [2.24, 2.45) is 0 Å². The third-order valence-electron chi connectivity index (χ3n) is 9.36. The zero-order valence-electron chi connectivity index (χ0n) is 25.9. The fraction of sp³-hybridized carbons (Fsp3) is 0.0465. The molecule has 0 bridgehead atoms. The number of benzene rings is 6. The minimum absolute atomic E-state index is 0.636. The van der Waals surface area contributed by atoms with Crippen LogP contribution in [0.3, 0.4) is 0 Å². The van der Waals surface area contributed by atoms with Crippen molar-refractivity contribution in [2.45, 2.75) is 12.8 Å². The van der Waals surface area contributed by atoms with Crippen molar-refractivity contribution >= 4 is 69.8 Å². The molecule has 0 radical (unpaired) electrons. The molecule has 1 aliphatic carbocycles. The molecule has 1 aliphatic rings. The molecule has 0 saturated heterocycles. The Morgan fingerprint density at radius 2 is 1.29 bits per heavy atom. The Balaban J connectivity index is 1.21. The maximum Gasteiger partial charge on any atom is 0.165 e. The molecule has 0 fully saturated rings. The van der Waals surface area contributed by atoms with E-state index in [-0.39, 0.29) is 0 Å². The lowest BCUT2D eigenvalue weighted by molar-refractivity contribution is 0.670. The first-order valence-corrected chi connectivity index (χ1v) is 17.1. The number of nitrogens with zero attached hydrogens (tertiary/aromatic N) is 3. The van der Waals surface area contributed by atoms with Crippen LogP contribution in [0.5, 0.6) is 0 Å². The number of hydrogen-bond acceptors (Lipinski definition) is 5. The summed E-state index contributed by atoms with van der Waals surface area (Å²) in [5.74, 6) is 2.00. The summed E-state index contributed by atoms with van der Waals surface area (Å²) in [6, 6.07) is 42.6. The van der Waals surface area contributed by atoms with Gasteiger partial charge in [0.1, 0.15) is 11.2 Å². The molecular weight excluding hydrogens is 607 g/mol. The second-order valence-corrected chi connectivity index (χ2v) is 13.3. The lowest BCUT2D eigenvalue weighted by Crippen LogP contribution is -2.03. The van der Waals surface area contributed by atoms with Crippen LogP contribution in [0.4, 0.5) is 0 Å². The monoisotopic (exact) mass is 633 g/mol. The molecule has 9 aromatic rings. The van der Waals surface area contributed by atoms with Gasteiger partial charge in [0.25, 0.3) is 0 Å². The van der Waals surface area contributed by atoms with E-state index in [0.717, 1.165) is 62.6 Å². The van der Waals surface area contributed by atoms with E-state index in [4.69, 9.17) is 19.4 Å². The minimum atomic E-state index is 0.636. The Morgan fingerprint density at radius 1 is 0.562 bits per heavy atom. The zero-order chi connectivity index (χ0) is 31.6. The Hall–Kier alpha value is -5.91. The Bertz CT molecular complexity index is 2800. The topological polar surface area (TPSA) is 51.8 Å². The molecule has 0 atom stereocenters. The van der Waals surface area contributed by atoms with Crippen LogP contribution in [0.15, 0.2) is 144 Å². The molecule has 5 heteroatoms. The van der Waals surface area contributed by atoms with Crippen molar-refractivity contribution in [2.75, 3.05) is 0 Å². The van der Waals surface area contributed by atoms with Crippen LogP contribution in [0.2, 0.25) is 0 Å². The van der Waals surface area contributed by atoms with Gasteiger partial charge in [-0.3, -0.25) is 0 Å². The van der Waals surface area contributed by atoms with Crippen molar-refractivity contribution < 1.29 is 4.42 Å². The Labute approximate surface area is 280 Å². The van der Waals surface area contributed by atoms with Gasteiger partial charge in [-0.1, -0.05) is 115 Å². The van der Waals surface area contributed by atoms with Crippen LogP contribution in [0.1, 0.15) is 18.7 Å². The van der Waals surface area contributed by atoms with Crippen LogP contribution in [-0.4, -0.2) is 15.0 Å². The standard InChI is InChI=1S/C43H27N3OS/c1-2-12-27(13-3-1)41-44-42(46-43(45-41)35-20-9-17-32-31-15-6-7-22-37(31)48-40(32)35)34-19-10-21-36-38(34)33-18-8-16-30(39(33)47-36)29-24-23-26-11-4-5-14-28(26)25-29/h2,4-25H,1,3H2. The third-order valence-corrected chi connectivity index (χ3v) is 10.6. The van der Waals surface area contributed by atoms with E-state index < -0.39 is 0 Å². The first-order chi connectivity index (χ1) is 23.8. The van der Waals surface area contributed by atoms with Gasteiger partial charge in [0.05, 0.1) is 0 Å². The Kier molecular flexibility index (Phi) is 6.14. The first kappa shape index (κ1) is 27.2. The quantitative estimate of drug-likeness (QED) is 0.193. The van der Waals surface area contributed by atoms with E-state index in [2.05, 4.69) is 127 Å². The first-order valence-electron chi connectivity index (χ1n) is 16.3. The average molecular weight is 634 g/mol. The van der Waals surface area contributed by atoms with Gasteiger partial charge in [0.2, 0.25) is 0 Å². The second kappa shape index (κ2) is 10.8. The fourth-order valence-corrected chi connectivity index (χ4v) is 8.28. The van der Waals surface area contributed by atoms with E-state index >= 15 is 0 Å². The van der Waals surface area contributed by atoms with Gasteiger partial charge in [-0.15, -0.1) is 11.3 Å². The Morgan fingerprint density at radius 3 is 2.19 bits per heavy atom. The molecule has 0 saturated carbocycles. The fourth-order valence-electron chi connectivity index (χ4n) is 7.07. The van der Waals surface area contributed by atoms with Crippen LogP contribution < -0.4 is 0 Å². The third kappa shape index (κ3) is 4.32. The summed E-state index contributed by atoms with van der Waals surface area (Å²) in [6.45, 7) is 0. The van der Waals surface area contributed by atoms with Crippen LogP contribution in [0, 0.1) is 0 Å². The zero-order valence-corrected chi connectivity index (χ0v) is 26.7. The van der Waals surface area contributed by atoms with E-state index in [1.165, 1.54) is 30.9 Å². The average Bonchev–Trinajstić information content (AvgIpc) is 3.73. The largest absolute Gasteiger partial charge is 0.455 e. The molecule has 0 spiro atoms. The molecule has 0 N–H and O–H groups in total. The maximum absolute atomic E-state index is 6.67. The molecule has 48 heavy (non-hydrogen) atoms. The highest BCUT2D eigenvalue weighted by Crippen LogP contribution is 2.42. The van der Waals surface area contributed by atoms with Gasteiger partial charge in [-0.05, 0) is 53.4 Å². The van der Waals surface area contributed by atoms with Gasteiger partial charge in [-0.25, -0.2) is 15.0 Å². The van der Waals surface area contributed by atoms with Gasteiger partial charge in [-0.2, -0.15) is 0 Å².